The molecule has 2 bridgehead atoms. The largest absolute Gasteiger partial charge is 0.352 e. The van der Waals surface area contributed by atoms with E-state index in [0.717, 1.165) is 22.3 Å². The van der Waals surface area contributed by atoms with Crippen LogP contribution in [0.25, 0.3) is 0 Å². The Balaban J connectivity index is 1.31. The van der Waals surface area contributed by atoms with Crippen LogP contribution in [0.5, 0.6) is 0 Å². The van der Waals surface area contributed by atoms with E-state index in [1.54, 1.807) is 0 Å². The Morgan fingerprint density at radius 2 is 2.00 bits per heavy atom. The summed E-state index contributed by atoms with van der Waals surface area (Å²) in [5.41, 5.74) is 0.979. The van der Waals surface area contributed by atoms with Gasteiger partial charge in [0, 0.05) is 12.5 Å². The smallest absolute Gasteiger partial charge is 0.325 e. The molecule has 27 heavy (non-hydrogen) atoms. The molecule has 4 rings (SSSR count). The maximum atomic E-state index is 12.6. The molecule has 0 aromatic heterocycles. The zero-order valence-corrected chi connectivity index (χ0v) is 15.7. The lowest BCUT2D eigenvalue weighted by atomic mass is 9.84. The highest BCUT2D eigenvalue weighted by Gasteiger charge is 2.43. The fourth-order valence-electron chi connectivity index (χ4n) is 5.17. The number of imide groups is 1. The number of rotatable bonds is 6. The van der Waals surface area contributed by atoms with Crippen LogP contribution in [0.2, 0.25) is 0 Å². The van der Waals surface area contributed by atoms with Crippen LogP contribution in [-0.2, 0) is 16.0 Å². The molecule has 6 heteroatoms. The second-order valence-corrected chi connectivity index (χ2v) is 8.31. The Labute approximate surface area is 159 Å². The van der Waals surface area contributed by atoms with E-state index < -0.39 is 12.1 Å². The summed E-state index contributed by atoms with van der Waals surface area (Å²) in [7, 11) is 0. The predicted octanol–water partition coefficient (Wildman–Crippen LogP) is 2.09. The molecule has 6 nitrogen and oxygen atoms in total. The number of carbonyl (C=O) groups excluding carboxylic acids is 3. The second-order valence-electron chi connectivity index (χ2n) is 8.31. The molecule has 4 amide bonds. The van der Waals surface area contributed by atoms with Crippen LogP contribution in [-0.4, -0.2) is 41.4 Å². The molecule has 1 heterocycles. The molecule has 1 saturated heterocycles. The van der Waals surface area contributed by atoms with Crippen LogP contribution in [0, 0.1) is 17.8 Å². The number of urea groups is 1. The van der Waals surface area contributed by atoms with E-state index in [2.05, 4.69) is 10.6 Å². The average molecular weight is 369 g/mol. The molecule has 2 N–H and O–H groups in total. The lowest BCUT2D eigenvalue weighted by Crippen LogP contribution is -2.46. The highest BCUT2D eigenvalue weighted by atomic mass is 16.2. The predicted molar refractivity (Wildman–Crippen MR) is 101 cm³/mol. The number of hydrogen-bond acceptors (Lipinski definition) is 3. The van der Waals surface area contributed by atoms with Crippen molar-refractivity contribution in [3.63, 3.8) is 0 Å². The molecule has 1 aromatic carbocycles. The van der Waals surface area contributed by atoms with E-state index in [1.165, 1.54) is 25.7 Å². The van der Waals surface area contributed by atoms with Crippen LogP contribution in [0.1, 0.15) is 38.2 Å². The Kier molecular flexibility index (Phi) is 4.89. The Hall–Kier alpha value is -2.37. The van der Waals surface area contributed by atoms with Gasteiger partial charge in [-0.3, -0.25) is 14.5 Å². The van der Waals surface area contributed by atoms with Gasteiger partial charge in [-0.05, 0) is 49.5 Å². The highest BCUT2D eigenvalue weighted by Crippen LogP contribution is 2.49. The summed E-state index contributed by atoms with van der Waals surface area (Å²) >= 11 is 0. The molecular weight excluding hydrogens is 342 g/mol. The summed E-state index contributed by atoms with van der Waals surface area (Å²) in [6.07, 6.45) is 5.51. The third-order valence-corrected chi connectivity index (χ3v) is 6.52. The SMILES string of the molecule is CC(NC(=O)CN1C(=O)NC(Cc2ccccc2)C1=O)C1CC2CCC1C2. The van der Waals surface area contributed by atoms with Crippen LogP contribution < -0.4 is 10.6 Å². The topological polar surface area (TPSA) is 78.5 Å². The van der Waals surface area contributed by atoms with E-state index in [9.17, 15) is 14.4 Å². The molecule has 5 atom stereocenters. The van der Waals surface area contributed by atoms with Gasteiger partial charge >= 0.3 is 6.03 Å². The van der Waals surface area contributed by atoms with Crippen molar-refractivity contribution in [3.8, 4) is 0 Å². The average Bonchev–Trinajstić information content (AvgIpc) is 3.34. The molecule has 3 fully saturated rings. The van der Waals surface area contributed by atoms with Crippen molar-refractivity contribution >= 4 is 17.8 Å². The molecule has 1 aliphatic heterocycles. The van der Waals surface area contributed by atoms with E-state index >= 15 is 0 Å². The number of fused-ring (bicyclic) bond motifs is 2. The molecule has 3 aliphatic rings. The Bertz CT molecular complexity index is 735. The number of carbonyl (C=O) groups is 3. The van der Waals surface area contributed by atoms with Crippen LogP contribution >= 0.6 is 0 Å². The number of amides is 4. The van der Waals surface area contributed by atoms with Crippen molar-refractivity contribution < 1.29 is 14.4 Å². The van der Waals surface area contributed by atoms with Gasteiger partial charge in [0.25, 0.3) is 5.91 Å². The van der Waals surface area contributed by atoms with Gasteiger partial charge in [-0.1, -0.05) is 36.8 Å². The molecule has 144 valence electrons. The van der Waals surface area contributed by atoms with Crippen LogP contribution in [0.15, 0.2) is 30.3 Å². The highest BCUT2D eigenvalue weighted by molar-refractivity contribution is 6.06. The van der Waals surface area contributed by atoms with E-state index in [1.807, 2.05) is 37.3 Å². The number of nitrogens with one attached hydrogen (secondary N) is 2. The number of hydrogen-bond donors (Lipinski definition) is 2. The molecule has 5 unspecified atom stereocenters. The standard InChI is InChI=1S/C21H27N3O3/c1-13(17-10-15-7-8-16(17)9-15)22-19(25)12-24-20(26)18(23-21(24)27)11-14-5-3-2-4-6-14/h2-6,13,15-18H,7-12H2,1H3,(H,22,25)(H,23,27). The molecule has 2 aliphatic carbocycles. The summed E-state index contributed by atoms with van der Waals surface area (Å²) in [6.45, 7) is 1.84. The van der Waals surface area contributed by atoms with Crippen molar-refractivity contribution in [2.45, 2.75) is 51.1 Å². The monoisotopic (exact) mass is 369 g/mol. The van der Waals surface area contributed by atoms with Gasteiger partial charge in [0.15, 0.2) is 0 Å². The zero-order valence-electron chi connectivity index (χ0n) is 15.7. The van der Waals surface area contributed by atoms with Crippen molar-refractivity contribution in [1.29, 1.82) is 0 Å². The normalized spacial score (nSPS) is 30.5. The minimum absolute atomic E-state index is 0.0914. The zero-order chi connectivity index (χ0) is 19.0. The summed E-state index contributed by atoms with van der Waals surface area (Å²) in [5.74, 6) is 1.49. The minimum Gasteiger partial charge on any atom is -0.352 e. The van der Waals surface area contributed by atoms with Gasteiger partial charge in [0.05, 0.1) is 0 Å². The fourth-order valence-corrected chi connectivity index (χ4v) is 5.17. The molecule has 0 radical (unpaired) electrons. The molecule has 1 aromatic rings. The maximum absolute atomic E-state index is 12.6. The van der Waals surface area contributed by atoms with Gasteiger partial charge in [-0.2, -0.15) is 0 Å². The van der Waals surface area contributed by atoms with Gasteiger partial charge < -0.3 is 10.6 Å². The van der Waals surface area contributed by atoms with Gasteiger partial charge in [-0.15, -0.1) is 0 Å². The van der Waals surface area contributed by atoms with Crippen molar-refractivity contribution in [1.82, 2.24) is 15.5 Å². The quantitative estimate of drug-likeness (QED) is 0.754. The van der Waals surface area contributed by atoms with Crippen LogP contribution in [0.3, 0.4) is 0 Å². The lowest BCUT2D eigenvalue weighted by molar-refractivity contribution is -0.132. The fraction of sp³-hybridized carbons (Fsp3) is 0.571. The van der Waals surface area contributed by atoms with Gasteiger partial charge in [0.2, 0.25) is 5.91 Å². The van der Waals surface area contributed by atoms with E-state index in [-0.39, 0.29) is 24.4 Å². The molecule has 0 spiro atoms. The first-order chi connectivity index (χ1) is 13.0. The first-order valence-electron chi connectivity index (χ1n) is 9.96. The first kappa shape index (κ1) is 18.0. The van der Waals surface area contributed by atoms with E-state index in [4.69, 9.17) is 0 Å². The van der Waals surface area contributed by atoms with Gasteiger partial charge in [-0.25, -0.2) is 4.79 Å². The number of benzene rings is 1. The van der Waals surface area contributed by atoms with Crippen molar-refractivity contribution in [2.75, 3.05) is 6.54 Å². The summed E-state index contributed by atoms with van der Waals surface area (Å²) in [4.78, 5) is 38.2. The molecule has 2 saturated carbocycles. The number of nitrogens with zero attached hydrogens (tertiary/aromatic N) is 1. The third kappa shape index (κ3) is 3.70. The molecular formula is C21H27N3O3. The van der Waals surface area contributed by atoms with Crippen molar-refractivity contribution in [3.05, 3.63) is 35.9 Å². The lowest BCUT2D eigenvalue weighted by Gasteiger charge is -2.29. The van der Waals surface area contributed by atoms with Gasteiger partial charge in [0.1, 0.15) is 12.6 Å². The van der Waals surface area contributed by atoms with Crippen LogP contribution in [0.4, 0.5) is 4.79 Å². The maximum Gasteiger partial charge on any atom is 0.325 e. The first-order valence-corrected chi connectivity index (χ1v) is 9.96. The van der Waals surface area contributed by atoms with Crippen molar-refractivity contribution in [2.24, 2.45) is 17.8 Å². The summed E-state index contributed by atoms with van der Waals surface area (Å²) < 4.78 is 0. The Morgan fingerprint density at radius 3 is 2.67 bits per heavy atom. The third-order valence-electron chi connectivity index (χ3n) is 6.52. The summed E-state index contributed by atoms with van der Waals surface area (Å²) in [5, 5.41) is 5.72. The minimum atomic E-state index is -0.601. The summed E-state index contributed by atoms with van der Waals surface area (Å²) in [6, 6.07) is 8.56. The Morgan fingerprint density at radius 1 is 1.22 bits per heavy atom. The van der Waals surface area contributed by atoms with E-state index in [0.29, 0.717) is 12.3 Å². The second kappa shape index (κ2) is 7.33.